The van der Waals surface area contributed by atoms with Gasteiger partial charge in [0.2, 0.25) is 5.91 Å². The molecule has 2 fully saturated rings. The normalized spacial score (nSPS) is 29.0. The summed E-state index contributed by atoms with van der Waals surface area (Å²) < 4.78 is 1.87. The minimum Gasteiger partial charge on any atom is -0.351 e. The maximum absolute atomic E-state index is 13.0. The summed E-state index contributed by atoms with van der Waals surface area (Å²) in [6.07, 6.45) is 10.0. The minimum absolute atomic E-state index is 0.159. The average molecular weight is 290 g/mol. The van der Waals surface area contributed by atoms with Crippen LogP contribution in [0.15, 0.2) is 18.5 Å². The molecule has 1 amide bonds. The molecule has 116 valence electrons. The molecule has 1 saturated carbocycles. The van der Waals surface area contributed by atoms with Gasteiger partial charge in [-0.15, -0.1) is 0 Å². The quantitative estimate of drug-likeness (QED) is 0.890. The van der Waals surface area contributed by atoms with Crippen LogP contribution in [0.25, 0.3) is 0 Å². The van der Waals surface area contributed by atoms with E-state index in [-0.39, 0.29) is 5.91 Å². The van der Waals surface area contributed by atoms with Gasteiger partial charge in [0.25, 0.3) is 0 Å². The van der Waals surface area contributed by atoms with Crippen LogP contribution in [0.4, 0.5) is 0 Å². The molecule has 2 unspecified atom stereocenters. The van der Waals surface area contributed by atoms with Crippen molar-refractivity contribution < 1.29 is 4.79 Å². The van der Waals surface area contributed by atoms with Gasteiger partial charge in [-0.25, -0.2) is 0 Å². The molecule has 0 spiro atoms. The molecule has 1 aliphatic carbocycles. The zero-order valence-electron chi connectivity index (χ0n) is 12.8. The van der Waals surface area contributed by atoms with Gasteiger partial charge in [0.15, 0.2) is 0 Å². The lowest BCUT2D eigenvalue weighted by atomic mass is 9.84. The highest BCUT2D eigenvalue weighted by atomic mass is 16.2. The molecule has 1 aromatic heterocycles. The van der Waals surface area contributed by atoms with Crippen molar-refractivity contribution in [3.8, 4) is 0 Å². The summed E-state index contributed by atoms with van der Waals surface area (Å²) in [4.78, 5) is 13.0. The molecule has 0 aromatic carbocycles. The van der Waals surface area contributed by atoms with E-state index in [9.17, 15) is 4.79 Å². The zero-order valence-corrected chi connectivity index (χ0v) is 12.8. The van der Waals surface area contributed by atoms with Gasteiger partial charge in [0.05, 0.1) is 0 Å². The van der Waals surface area contributed by atoms with E-state index in [1.54, 1.807) is 6.20 Å². The highest BCUT2D eigenvalue weighted by Gasteiger charge is 2.42. The van der Waals surface area contributed by atoms with Crippen LogP contribution in [0.1, 0.15) is 45.4 Å². The van der Waals surface area contributed by atoms with Crippen molar-refractivity contribution >= 4 is 5.91 Å². The van der Waals surface area contributed by atoms with Crippen molar-refractivity contribution in [3.05, 3.63) is 18.5 Å². The number of nitrogens with one attached hydrogen (secondary N) is 2. The van der Waals surface area contributed by atoms with E-state index in [0.29, 0.717) is 6.04 Å². The van der Waals surface area contributed by atoms with Crippen LogP contribution >= 0.6 is 0 Å². The molecule has 21 heavy (non-hydrogen) atoms. The Bertz CT molecular complexity index is 465. The molecule has 5 heteroatoms. The van der Waals surface area contributed by atoms with Crippen molar-refractivity contribution in [2.24, 2.45) is 5.92 Å². The number of aromatic nitrogens is 2. The third-order valence-corrected chi connectivity index (χ3v) is 5.07. The Kier molecular flexibility index (Phi) is 4.29. The van der Waals surface area contributed by atoms with Gasteiger partial charge in [-0.1, -0.05) is 19.8 Å². The maximum Gasteiger partial charge on any atom is 0.248 e. The highest BCUT2D eigenvalue weighted by Crippen LogP contribution is 2.29. The Balaban J connectivity index is 1.75. The molecule has 1 saturated heterocycles. The number of amides is 1. The zero-order chi connectivity index (χ0) is 14.7. The predicted octanol–water partition coefficient (Wildman–Crippen LogP) is 1.66. The molecule has 0 radical (unpaired) electrons. The van der Waals surface area contributed by atoms with E-state index < -0.39 is 5.54 Å². The number of carbonyl (C=O) groups excluding carboxylic acids is 1. The fourth-order valence-electron chi connectivity index (χ4n) is 3.81. The van der Waals surface area contributed by atoms with Crippen molar-refractivity contribution in [3.63, 3.8) is 0 Å². The number of hydrogen-bond acceptors (Lipinski definition) is 3. The fraction of sp³-hybridized carbons (Fsp3) is 0.750. The monoisotopic (exact) mass is 290 g/mol. The Hall–Kier alpha value is -1.36. The minimum atomic E-state index is -0.505. The summed E-state index contributed by atoms with van der Waals surface area (Å²) in [5.41, 5.74) is -0.505. The largest absolute Gasteiger partial charge is 0.351 e. The highest BCUT2D eigenvalue weighted by molar-refractivity contribution is 5.84. The van der Waals surface area contributed by atoms with Crippen LogP contribution in [-0.2, 0) is 10.3 Å². The summed E-state index contributed by atoms with van der Waals surface area (Å²) in [6.45, 7) is 4.02. The summed E-state index contributed by atoms with van der Waals surface area (Å²) in [5.74, 6) is 0.879. The predicted molar refractivity (Wildman–Crippen MR) is 81.9 cm³/mol. The van der Waals surface area contributed by atoms with E-state index in [1.165, 1.54) is 12.8 Å². The molecular formula is C16H26N4O. The Morgan fingerprint density at radius 3 is 2.86 bits per heavy atom. The molecule has 2 aliphatic rings. The average Bonchev–Trinajstić information content (AvgIpc) is 3.02. The molecule has 2 heterocycles. The molecule has 1 aromatic rings. The van der Waals surface area contributed by atoms with Gasteiger partial charge in [0, 0.05) is 18.4 Å². The van der Waals surface area contributed by atoms with Gasteiger partial charge >= 0.3 is 0 Å². The summed E-state index contributed by atoms with van der Waals surface area (Å²) in [6, 6.07) is 2.24. The van der Waals surface area contributed by atoms with Gasteiger partial charge in [-0.2, -0.15) is 5.10 Å². The summed E-state index contributed by atoms with van der Waals surface area (Å²) >= 11 is 0. The molecule has 0 bridgehead atoms. The van der Waals surface area contributed by atoms with Crippen LogP contribution in [0, 0.1) is 5.92 Å². The van der Waals surface area contributed by atoms with Crippen molar-refractivity contribution in [2.75, 3.05) is 13.1 Å². The van der Waals surface area contributed by atoms with Gasteiger partial charge < -0.3 is 10.6 Å². The maximum atomic E-state index is 13.0. The van der Waals surface area contributed by atoms with Gasteiger partial charge in [-0.05, 0) is 50.8 Å². The second-order valence-corrected chi connectivity index (χ2v) is 6.67. The lowest BCUT2D eigenvalue weighted by Crippen LogP contribution is -2.56. The van der Waals surface area contributed by atoms with Crippen LogP contribution in [0.3, 0.4) is 0 Å². The summed E-state index contributed by atoms with van der Waals surface area (Å²) in [5, 5.41) is 11.0. The number of hydrogen-bond donors (Lipinski definition) is 2. The van der Waals surface area contributed by atoms with E-state index >= 15 is 0 Å². The molecule has 2 atom stereocenters. The Morgan fingerprint density at radius 2 is 2.19 bits per heavy atom. The van der Waals surface area contributed by atoms with Crippen LogP contribution in [0.5, 0.6) is 0 Å². The lowest BCUT2D eigenvalue weighted by Gasteiger charge is -2.38. The van der Waals surface area contributed by atoms with Crippen molar-refractivity contribution in [1.82, 2.24) is 20.4 Å². The Labute approximate surface area is 126 Å². The number of piperidine rings is 1. The first-order valence-corrected chi connectivity index (χ1v) is 8.22. The molecule has 3 rings (SSSR count). The topological polar surface area (TPSA) is 59.0 Å². The smallest absolute Gasteiger partial charge is 0.248 e. The molecule has 2 N–H and O–H groups in total. The van der Waals surface area contributed by atoms with E-state index in [0.717, 1.165) is 44.7 Å². The number of nitrogens with zero attached hydrogens (tertiary/aromatic N) is 2. The second-order valence-electron chi connectivity index (χ2n) is 6.67. The Morgan fingerprint density at radius 1 is 1.38 bits per heavy atom. The van der Waals surface area contributed by atoms with Crippen LogP contribution in [-0.4, -0.2) is 34.8 Å². The second kappa shape index (κ2) is 6.18. The van der Waals surface area contributed by atoms with Gasteiger partial charge in [-0.3, -0.25) is 9.48 Å². The van der Waals surface area contributed by atoms with Crippen LogP contribution < -0.4 is 10.6 Å². The third-order valence-electron chi connectivity index (χ3n) is 5.07. The third kappa shape index (κ3) is 2.98. The molecule has 1 aliphatic heterocycles. The standard InChI is InChI=1S/C16H26N4O/c1-13-4-2-5-14(12-13)19-15(21)16(6-9-17-10-7-16)20-11-3-8-18-20/h3,8,11,13-14,17H,2,4-7,9-10,12H2,1H3,(H,19,21). The molecule has 5 nitrogen and oxygen atoms in total. The molecular weight excluding hydrogens is 264 g/mol. The van der Waals surface area contributed by atoms with E-state index in [2.05, 4.69) is 22.7 Å². The van der Waals surface area contributed by atoms with E-state index in [1.807, 2.05) is 16.9 Å². The lowest BCUT2D eigenvalue weighted by molar-refractivity contribution is -0.133. The first-order valence-electron chi connectivity index (χ1n) is 8.22. The van der Waals surface area contributed by atoms with Crippen LogP contribution in [0.2, 0.25) is 0 Å². The summed E-state index contributed by atoms with van der Waals surface area (Å²) in [7, 11) is 0. The van der Waals surface area contributed by atoms with Crippen molar-refractivity contribution in [2.45, 2.75) is 57.0 Å². The number of rotatable bonds is 3. The van der Waals surface area contributed by atoms with E-state index in [4.69, 9.17) is 0 Å². The first kappa shape index (κ1) is 14.6. The SMILES string of the molecule is CC1CCCC(NC(=O)C2(n3cccn3)CCNCC2)C1. The van der Waals surface area contributed by atoms with Crippen molar-refractivity contribution in [1.29, 1.82) is 0 Å². The van der Waals surface area contributed by atoms with Gasteiger partial charge in [0.1, 0.15) is 5.54 Å². The number of carbonyl (C=O) groups is 1. The first-order chi connectivity index (χ1) is 10.2. The fourth-order valence-corrected chi connectivity index (χ4v) is 3.81.